The first-order valence-corrected chi connectivity index (χ1v) is 9.08. The number of nitrogens with one attached hydrogen (secondary N) is 1. The predicted molar refractivity (Wildman–Crippen MR) is 110 cm³/mol. The molecule has 2 aromatic carbocycles. The van der Waals surface area contributed by atoms with Crippen molar-refractivity contribution in [3.05, 3.63) is 76.7 Å². The highest BCUT2D eigenvalue weighted by atomic mass is 35.5. The summed E-state index contributed by atoms with van der Waals surface area (Å²) in [4.78, 5) is 16.7. The van der Waals surface area contributed by atoms with Gasteiger partial charge in [0.05, 0.1) is 16.8 Å². The second kappa shape index (κ2) is 7.37. The lowest BCUT2D eigenvalue weighted by molar-refractivity contribution is -0.111. The molecule has 0 fully saturated rings. The number of carbonyl (C=O) groups is 1. The summed E-state index contributed by atoms with van der Waals surface area (Å²) in [6.45, 7) is 4.05. The van der Waals surface area contributed by atoms with E-state index in [1.165, 1.54) is 6.08 Å². The van der Waals surface area contributed by atoms with Gasteiger partial charge in [0.1, 0.15) is 11.3 Å². The maximum absolute atomic E-state index is 12.1. The van der Waals surface area contributed by atoms with Crippen LogP contribution in [0.4, 0.5) is 5.69 Å². The van der Waals surface area contributed by atoms with Crippen molar-refractivity contribution in [2.75, 3.05) is 5.32 Å². The predicted octanol–water partition coefficient (Wildman–Crippen LogP) is 6.01. The van der Waals surface area contributed by atoms with Crippen LogP contribution in [0.15, 0.2) is 63.6 Å². The van der Waals surface area contributed by atoms with Crippen LogP contribution in [0.1, 0.15) is 16.9 Å². The summed E-state index contributed by atoms with van der Waals surface area (Å²) in [6, 6.07) is 12.6. The van der Waals surface area contributed by atoms with E-state index >= 15 is 0 Å². The summed E-state index contributed by atoms with van der Waals surface area (Å²) in [6.07, 6.45) is 4.54. The molecule has 2 aromatic heterocycles. The third-order valence-corrected chi connectivity index (χ3v) is 4.74. The van der Waals surface area contributed by atoms with Crippen LogP contribution >= 0.6 is 11.6 Å². The van der Waals surface area contributed by atoms with E-state index in [2.05, 4.69) is 10.3 Å². The first-order chi connectivity index (χ1) is 13.5. The molecule has 1 amide bonds. The number of halogens is 1. The van der Waals surface area contributed by atoms with Crippen molar-refractivity contribution in [1.29, 1.82) is 0 Å². The molecule has 1 N–H and O–H groups in total. The van der Waals surface area contributed by atoms with Crippen LogP contribution in [-0.2, 0) is 4.79 Å². The van der Waals surface area contributed by atoms with Gasteiger partial charge in [0.2, 0.25) is 11.8 Å². The molecule has 0 spiro atoms. The largest absolute Gasteiger partial charge is 0.465 e. The van der Waals surface area contributed by atoms with Gasteiger partial charge in [-0.05, 0) is 73.5 Å². The molecule has 0 atom stereocenters. The average molecular weight is 393 g/mol. The number of carbonyl (C=O) groups excluding carboxylic acids is 1. The van der Waals surface area contributed by atoms with Crippen molar-refractivity contribution >= 4 is 40.4 Å². The fraction of sp³-hybridized carbons (Fsp3) is 0.0909. The molecule has 0 saturated carbocycles. The Morgan fingerprint density at radius 2 is 1.96 bits per heavy atom. The van der Waals surface area contributed by atoms with Crippen LogP contribution in [-0.4, -0.2) is 10.9 Å². The minimum atomic E-state index is -0.284. The Hall–Kier alpha value is -3.31. The van der Waals surface area contributed by atoms with Gasteiger partial charge in [-0.1, -0.05) is 11.6 Å². The van der Waals surface area contributed by atoms with E-state index in [4.69, 9.17) is 20.4 Å². The number of hydrogen-bond donors (Lipinski definition) is 1. The third-order valence-electron chi connectivity index (χ3n) is 4.41. The van der Waals surface area contributed by atoms with E-state index in [1.807, 2.05) is 26.0 Å². The molecule has 0 bridgehead atoms. The minimum Gasteiger partial charge on any atom is -0.465 e. The summed E-state index contributed by atoms with van der Waals surface area (Å²) < 4.78 is 11.1. The molecule has 0 aliphatic heterocycles. The number of benzene rings is 2. The number of amides is 1. The van der Waals surface area contributed by atoms with Crippen molar-refractivity contribution in [1.82, 2.24) is 4.98 Å². The molecule has 28 heavy (non-hydrogen) atoms. The van der Waals surface area contributed by atoms with Crippen LogP contribution in [0.2, 0.25) is 5.02 Å². The second-order valence-electron chi connectivity index (χ2n) is 6.46. The summed E-state index contributed by atoms with van der Waals surface area (Å²) in [5, 5.41) is 3.29. The van der Waals surface area contributed by atoms with Crippen LogP contribution in [0, 0.1) is 13.8 Å². The van der Waals surface area contributed by atoms with Gasteiger partial charge in [-0.25, -0.2) is 4.98 Å². The molecule has 0 aliphatic rings. The number of aromatic nitrogens is 1. The molecule has 140 valence electrons. The van der Waals surface area contributed by atoms with Crippen molar-refractivity contribution in [3.63, 3.8) is 0 Å². The number of nitrogens with zero attached hydrogens (tertiary/aromatic N) is 1. The molecule has 2 heterocycles. The quantitative estimate of drug-likeness (QED) is 0.432. The molecule has 0 unspecified atom stereocenters. The average Bonchev–Trinajstić information content (AvgIpc) is 3.32. The summed E-state index contributed by atoms with van der Waals surface area (Å²) in [5.41, 5.74) is 4.94. The lowest BCUT2D eigenvalue weighted by atomic mass is 10.1. The zero-order valence-corrected chi connectivity index (χ0v) is 16.1. The van der Waals surface area contributed by atoms with Gasteiger partial charge in [-0.3, -0.25) is 4.79 Å². The fourth-order valence-corrected chi connectivity index (χ4v) is 2.99. The van der Waals surface area contributed by atoms with Gasteiger partial charge in [-0.15, -0.1) is 0 Å². The molecular formula is C22H17ClN2O3. The zero-order chi connectivity index (χ0) is 19.7. The smallest absolute Gasteiger partial charge is 0.248 e. The van der Waals surface area contributed by atoms with E-state index in [0.29, 0.717) is 33.5 Å². The van der Waals surface area contributed by atoms with Crippen LogP contribution < -0.4 is 5.32 Å². The number of fused-ring (bicyclic) bond motifs is 1. The maximum atomic E-state index is 12.1. The number of furan rings is 1. The Balaban J connectivity index is 1.61. The summed E-state index contributed by atoms with van der Waals surface area (Å²) in [7, 11) is 0. The number of oxazole rings is 1. The number of hydrogen-bond acceptors (Lipinski definition) is 4. The van der Waals surface area contributed by atoms with Gasteiger partial charge in [0, 0.05) is 11.8 Å². The minimum absolute atomic E-state index is 0.284. The fourth-order valence-electron chi connectivity index (χ4n) is 2.79. The Bertz CT molecular complexity index is 1150. The topological polar surface area (TPSA) is 68.3 Å². The summed E-state index contributed by atoms with van der Waals surface area (Å²) in [5.74, 6) is 0.727. The van der Waals surface area contributed by atoms with E-state index in [0.717, 1.165) is 16.6 Å². The molecule has 6 heteroatoms. The number of rotatable bonds is 4. The van der Waals surface area contributed by atoms with Crippen LogP contribution in [0.25, 0.3) is 28.6 Å². The van der Waals surface area contributed by atoms with Gasteiger partial charge < -0.3 is 14.2 Å². The van der Waals surface area contributed by atoms with Crippen LogP contribution in [0.5, 0.6) is 0 Å². The van der Waals surface area contributed by atoms with E-state index in [1.54, 1.807) is 42.7 Å². The molecule has 4 rings (SSSR count). The molecular weight excluding hydrogens is 376 g/mol. The Labute approximate surface area is 166 Å². The van der Waals surface area contributed by atoms with Crippen LogP contribution in [0.3, 0.4) is 0 Å². The molecule has 5 nitrogen and oxygen atoms in total. The van der Waals surface area contributed by atoms with Gasteiger partial charge in [0.25, 0.3) is 0 Å². The van der Waals surface area contributed by atoms with Crippen molar-refractivity contribution < 1.29 is 13.6 Å². The first kappa shape index (κ1) is 18.1. The Morgan fingerprint density at radius 3 is 2.75 bits per heavy atom. The molecule has 4 aromatic rings. The van der Waals surface area contributed by atoms with E-state index < -0.39 is 0 Å². The van der Waals surface area contributed by atoms with E-state index in [9.17, 15) is 4.79 Å². The highest BCUT2D eigenvalue weighted by Gasteiger charge is 2.14. The number of anilines is 1. The number of aryl methyl sites for hydroxylation is 2. The Morgan fingerprint density at radius 1 is 1.14 bits per heavy atom. The monoisotopic (exact) mass is 392 g/mol. The van der Waals surface area contributed by atoms with Crippen molar-refractivity contribution in [3.8, 4) is 11.5 Å². The highest BCUT2D eigenvalue weighted by molar-refractivity contribution is 6.33. The SMILES string of the molecule is Cc1cc2nc(-c3cc(NC(=O)C=Cc4ccco4)ccc3Cl)oc2cc1C. The third kappa shape index (κ3) is 3.70. The molecule has 0 saturated heterocycles. The maximum Gasteiger partial charge on any atom is 0.248 e. The molecule has 0 aliphatic carbocycles. The van der Waals surface area contributed by atoms with Gasteiger partial charge >= 0.3 is 0 Å². The van der Waals surface area contributed by atoms with Crippen molar-refractivity contribution in [2.45, 2.75) is 13.8 Å². The lowest BCUT2D eigenvalue weighted by Crippen LogP contribution is -2.07. The van der Waals surface area contributed by atoms with Gasteiger partial charge in [-0.2, -0.15) is 0 Å². The summed E-state index contributed by atoms with van der Waals surface area (Å²) >= 11 is 6.35. The Kier molecular flexibility index (Phi) is 4.75. The van der Waals surface area contributed by atoms with Crippen molar-refractivity contribution in [2.24, 2.45) is 0 Å². The molecule has 0 radical (unpaired) electrons. The zero-order valence-electron chi connectivity index (χ0n) is 15.3. The normalized spacial score (nSPS) is 11.4. The highest BCUT2D eigenvalue weighted by Crippen LogP contribution is 2.33. The second-order valence-corrected chi connectivity index (χ2v) is 6.86. The standard InChI is InChI=1S/C22H17ClN2O3/c1-13-10-19-20(11-14(13)2)28-22(25-19)17-12-15(5-7-18(17)23)24-21(26)8-6-16-4-3-9-27-16/h3-12H,1-2H3,(H,24,26). The van der Waals surface area contributed by atoms with Gasteiger partial charge in [0.15, 0.2) is 5.58 Å². The lowest BCUT2D eigenvalue weighted by Gasteiger charge is -2.05. The first-order valence-electron chi connectivity index (χ1n) is 8.70. The van der Waals surface area contributed by atoms with E-state index in [-0.39, 0.29) is 5.91 Å².